The first-order valence-corrected chi connectivity index (χ1v) is 9.75. The van der Waals surface area contributed by atoms with Crippen LogP contribution in [0.1, 0.15) is 44.6 Å². The molecule has 0 spiro atoms. The van der Waals surface area contributed by atoms with Crippen LogP contribution in [0.5, 0.6) is 0 Å². The normalized spacial score (nSPS) is 19.8. The molecule has 1 fully saturated rings. The number of nitrogens with one attached hydrogen (secondary N) is 1. The van der Waals surface area contributed by atoms with Crippen molar-refractivity contribution in [3.8, 4) is 0 Å². The molecule has 144 valence electrons. The van der Waals surface area contributed by atoms with Crippen LogP contribution < -0.4 is 5.32 Å². The van der Waals surface area contributed by atoms with Crippen molar-refractivity contribution in [3.63, 3.8) is 0 Å². The third-order valence-electron chi connectivity index (χ3n) is 5.18. The third-order valence-corrected chi connectivity index (χ3v) is 5.18. The quantitative estimate of drug-likeness (QED) is 0.689. The highest BCUT2D eigenvalue weighted by molar-refractivity contribution is 5.81. The lowest BCUT2D eigenvalue weighted by Crippen LogP contribution is -2.39. The molecule has 26 heavy (non-hydrogen) atoms. The maximum absolute atomic E-state index is 12.9. The molecular formula is C21H32N2O3. The predicted molar refractivity (Wildman–Crippen MR) is 102 cm³/mol. The van der Waals surface area contributed by atoms with Crippen LogP contribution in [-0.2, 0) is 20.9 Å². The average Bonchev–Trinajstić information content (AvgIpc) is 2.69. The molecule has 1 aromatic rings. The Morgan fingerprint density at radius 1 is 1.12 bits per heavy atom. The minimum Gasteiger partial charge on any atom is -0.385 e. The second-order valence-corrected chi connectivity index (χ2v) is 7.02. The molecular weight excluding hydrogens is 328 g/mol. The number of carbonyl (C=O) groups excluding carboxylic acids is 2. The molecule has 1 N–H and O–H groups in total. The Morgan fingerprint density at radius 3 is 2.38 bits per heavy atom. The smallest absolute Gasteiger partial charge is 0.225 e. The van der Waals surface area contributed by atoms with Crippen molar-refractivity contribution in [1.29, 1.82) is 0 Å². The number of methoxy groups -OCH3 is 1. The van der Waals surface area contributed by atoms with Gasteiger partial charge in [-0.25, -0.2) is 0 Å². The molecule has 2 rings (SSSR count). The Kier molecular flexibility index (Phi) is 8.62. The highest BCUT2D eigenvalue weighted by Gasteiger charge is 2.31. The molecule has 5 heteroatoms. The monoisotopic (exact) mass is 360 g/mol. The molecule has 1 aromatic carbocycles. The van der Waals surface area contributed by atoms with E-state index in [4.69, 9.17) is 4.74 Å². The van der Waals surface area contributed by atoms with Gasteiger partial charge in [-0.2, -0.15) is 0 Å². The van der Waals surface area contributed by atoms with Crippen LogP contribution in [0.4, 0.5) is 0 Å². The average molecular weight is 360 g/mol. The standard InChI is InChI=1S/C21H32N2O3/c1-3-23(16-17-8-5-4-6-9-17)21(25)19-12-10-18(11-13-19)20(24)22-14-7-15-26-2/h4-6,8-9,18-19H,3,7,10-16H2,1-2H3,(H,22,24). The zero-order valence-electron chi connectivity index (χ0n) is 16.1. The molecule has 0 saturated heterocycles. The number of benzene rings is 1. The van der Waals surface area contributed by atoms with Gasteiger partial charge in [0.25, 0.3) is 0 Å². The maximum atomic E-state index is 12.9. The number of hydrogen-bond donors (Lipinski definition) is 1. The van der Waals surface area contributed by atoms with Gasteiger partial charge in [0, 0.05) is 45.2 Å². The van der Waals surface area contributed by atoms with E-state index in [-0.39, 0.29) is 23.7 Å². The van der Waals surface area contributed by atoms with Crippen molar-refractivity contribution >= 4 is 11.8 Å². The van der Waals surface area contributed by atoms with Gasteiger partial charge in [0.2, 0.25) is 11.8 Å². The van der Waals surface area contributed by atoms with Crippen molar-refractivity contribution in [3.05, 3.63) is 35.9 Å². The molecule has 1 saturated carbocycles. The fourth-order valence-corrected chi connectivity index (χ4v) is 3.58. The third kappa shape index (κ3) is 6.13. The lowest BCUT2D eigenvalue weighted by Gasteiger charge is -2.31. The topological polar surface area (TPSA) is 58.6 Å². The van der Waals surface area contributed by atoms with Crippen LogP contribution >= 0.6 is 0 Å². The van der Waals surface area contributed by atoms with E-state index in [0.717, 1.165) is 37.7 Å². The van der Waals surface area contributed by atoms with E-state index in [1.54, 1.807) is 7.11 Å². The van der Waals surface area contributed by atoms with Crippen LogP contribution in [0.15, 0.2) is 30.3 Å². The molecule has 2 amide bonds. The molecule has 1 aliphatic carbocycles. The number of hydrogen-bond acceptors (Lipinski definition) is 3. The van der Waals surface area contributed by atoms with E-state index >= 15 is 0 Å². The maximum Gasteiger partial charge on any atom is 0.225 e. The van der Waals surface area contributed by atoms with Gasteiger partial charge in [0.1, 0.15) is 0 Å². The second kappa shape index (κ2) is 11.0. The van der Waals surface area contributed by atoms with Gasteiger partial charge >= 0.3 is 0 Å². The molecule has 1 aliphatic rings. The molecule has 0 aromatic heterocycles. The van der Waals surface area contributed by atoms with Crippen LogP contribution in [0.3, 0.4) is 0 Å². The van der Waals surface area contributed by atoms with Crippen LogP contribution in [0.2, 0.25) is 0 Å². The van der Waals surface area contributed by atoms with E-state index in [1.165, 1.54) is 0 Å². The molecule has 5 nitrogen and oxygen atoms in total. The summed E-state index contributed by atoms with van der Waals surface area (Å²) in [4.78, 5) is 27.0. The van der Waals surface area contributed by atoms with E-state index in [0.29, 0.717) is 26.2 Å². The number of carbonyl (C=O) groups is 2. The summed E-state index contributed by atoms with van der Waals surface area (Å²) in [5.41, 5.74) is 1.16. The lowest BCUT2D eigenvalue weighted by molar-refractivity contribution is -0.138. The van der Waals surface area contributed by atoms with Crippen molar-refractivity contribution < 1.29 is 14.3 Å². The molecule has 0 bridgehead atoms. The lowest BCUT2D eigenvalue weighted by atomic mass is 9.81. The first-order chi connectivity index (χ1) is 12.7. The molecule has 0 heterocycles. The number of ether oxygens (including phenoxy) is 1. The fraction of sp³-hybridized carbons (Fsp3) is 0.619. The Hall–Kier alpha value is -1.88. The van der Waals surface area contributed by atoms with Crippen LogP contribution in [0.25, 0.3) is 0 Å². The van der Waals surface area contributed by atoms with Gasteiger partial charge < -0.3 is 15.0 Å². The zero-order valence-corrected chi connectivity index (χ0v) is 16.1. The zero-order chi connectivity index (χ0) is 18.8. The molecule has 0 radical (unpaired) electrons. The van der Waals surface area contributed by atoms with E-state index in [2.05, 4.69) is 17.4 Å². The van der Waals surface area contributed by atoms with Gasteiger partial charge in [0.05, 0.1) is 0 Å². The minimum atomic E-state index is 0.0470. The summed E-state index contributed by atoms with van der Waals surface area (Å²) in [6.07, 6.45) is 4.05. The van der Waals surface area contributed by atoms with Crippen molar-refractivity contribution in [2.75, 3.05) is 26.8 Å². The van der Waals surface area contributed by atoms with Gasteiger partial charge in [-0.1, -0.05) is 30.3 Å². The minimum absolute atomic E-state index is 0.0470. The fourth-order valence-electron chi connectivity index (χ4n) is 3.58. The Bertz CT molecular complexity index is 554. The van der Waals surface area contributed by atoms with E-state index in [9.17, 15) is 9.59 Å². The van der Waals surface area contributed by atoms with Gasteiger partial charge in [-0.3, -0.25) is 9.59 Å². The van der Waals surface area contributed by atoms with Crippen molar-refractivity contribution in [1.82, 2.24) is 10.2 Å². The predicted octanol–water partition coefficient (Wildman–Crippen LogP) is 2.99. The Labute approximate surface area is 157 Å². The molecule has 0 unspecified atom stereocenters. The Balaban J connectivity index is 1.78. The van der Waals surface area contributed by atoms with Crippen LogP contribution in [0, 0.1) is 11.8 Å². The summed E-state index contributed by atoms with van der Waals surface area (Å²) in [5.74, 6) is 0.459. The Morgan fingerprint density at radius 2 is 1.77 bits per heavy atom. The van der Waals surface area contributed by atoms with Gasteiger partial charge in [-0.05, 0) is 44.6 Å². The summed E-state index contributed by atoms with van der Waals surface area (Å²) in [6.45, 7) is 4.73. The highest BCUT2D eigenvalue weighted by atomic mass is 16.5. The van der Waals surface area contributed by atoms with Crippen LogP contribution in [-0.4, -0.2) is 43.5 Å². The largest absolute Gasteiger partial charge is 0.385 e. The van der Waals surface area contributed by atoms with E-state index in [1.807, 2.05) is 30.0 Å². The summed E-state index contributed by atoms with van der Waals surface area (Å²) in [6, 6.07) is 10.1. The first kappa shape index (κ1) is 20.4. The summed E-state index contributed by atoms with van der Waals surface area (Å²) >= 11 is 0. The van der Waals surface area contributed by atoms with Gasteiger partial charge in [-0.15, -0.1) is 0 Å². The first-order valence-electron chi connectivity index (χ1n) is 9.75. The number of nitrogens with zero attached hydrogens (tertiary/aromatic N) is 1. The van der Waals surface area contributed by atoms with Crippen molar-refractivity contribution in [2.45, 2.75) is 45.6 Å². The van der Waals surface area contributed by atoms with Crippen molar-refractivity contribution in [2.24, 2.45) is 11.8 Å². The second-order valence-electron chi connectivity index (χ2n) is 7.02. The highest BCUT2D eigenvalue weighted by Crippen LogP contribution is 2.30. The van der Waals surface area contributed by atoms with Gasteiger partial charge in [0.15, 0.2) is 0 Å². The molecule has 0 atom stereocenters. The summed E-state index contributed by atoms with van der Waals surface area (Å²) < 4.78 is 4.99. The SMILES string of the molecule is CCN(Cc1ccccc1)C(=O)C1CCC(C(=O)NCCCOC)CC1. The number of amides is 2. The molecule has 0 aliphatic heterocycles. The summed E-state index contributed by atoms with van der Waals surface area (Å²) in [5, 5.41) is 2.98. The summed E-state index contributed by atoms with van der Waals surface area (Å²) in [7, 11) is 1.66. The van der Waals surface area contributed by atoms with E-state index < -0.39 is 0 Å². The number of rotatable bonds is 9.